The first-order valence-electron chi connectivity index (χ1n) is 7.84. The van der Waals surface area contributed by atoms with Crippen LogP contribution in [-0.2, 0) is 6.54 Å². The lowest BCUT2D eigenvalue weighted by Crippen LogP contribution is -2.19. The topological polar surface area (TPSA) is 34.4 Å². The summed E-state index contributed by atoms with van der Waals surface area (Å²) in [5.74, 6) is 0. The summed E-state index contributed by atoms with van der Waals surface area (Å²) >= 11 is 0. The predicted octanol–water partition coefficient (Wildman–Crippen LogP) is 5.92. The van der Waals surface area contributed by atoms with Gasteiger partial charge in [0.15, 0.2) is 0 Å². The van der Waals surface area contributed by atoms with Gasteiger partial charge in [0.1, 0.15) is 5.69 Å². The van der Waals surface area contributed by atoms with Crippen LogP contribution in [0.2, 0.25) is 25.7 Å². The molecule has 0 atom stereocenters. The first-order chi connectivity index (χ1) is 10.5. The highest BCUT2D eigenvalue weighted by Gasteiger charge is 2.14. The number of nitroso groups, excluding NO2 is 1. The van der Waals surface area contributed by atoms with Crippen LogP contribution in [0.3, 0.4) is 0 Å². The van der Waals surface area contributed by atoms with Gasteiger partial charge in [0.25, 0.3) is 0 Å². The Morgan fingerprint density at radius 2 is 1.73 bits per heavy atom. The molecule has 0 unspecified atom stereocenters. The molecule has 0 aliphatic carbocycles. The number of aromatic nitrogens is 1. The minimum Gasteiger partial charge on any atom is -0.340 e. The molecule has 3 rings (SSSR count). The summed E-state index contributed by atoms with van der Waals surface area (Å²) < 4.78 is 2.39. The maximum Gasteiger partial charge on any atom is 0.108 e. The molecule has 2 aromatic carbocycles. The fourth-order valence-corrected chi connectivity index (χ4v) is 4.33. The van der Waals surface area contributed by atoms with Gasteiger partial charge in [0, 0.05) is 36.4 Å². The van der Waals surface area contributed by atoms with E-state index in [1.165, 1.54) is 28.9 Å². The van der Waals surface area contributed by atoms with Gasteiger partial charge in [-0.3, -0.25) is 0 Å². The number of aryl methyl sites for hydroxylation is 1. The zero-order valence-corrected chi connectivity index (χ0v) is 14.5. The Labute approximate surface area is 131 Å². The molecule has 3 nitrogen and oxygen atoms in total. The molecule has 114 valence electrons. The highest BCUT2D eigenvalue weighted by atomic mass is 28.3. The van der Waals surface area contributed by atoms with Crippen molar-refractivity contribution in [3.63, 3.8) is 0 Å². The average Bonchev–Trinajstić information content (AvgIpc) is 2.80. The molecule has 0 radical (unpaired) electrons. The highest BCUT2D eigenvalue weighted by molar-refractivity contribution is 6.76. The van der Waals surface area contributed by atoms with E-state index in [1.54, 1.807) is 0 Å². The number of benzene rings is 2. The van der Waals surface area contributed by atoms with Crippen LogP contribution in [0.4, 0.5) is 5.69 Å². The van der Waals surface area contributed by atoms with E-state index in [4.69, 9.17) is 0 Å². The molecule has 0 N–H and O–H groups in total. The third-order valence-corrected chi connectivity index (χ3v) is 6.02. The summed E-state index contributed by atoms with van der Waals surface area (Å²) in [6, 6.07) is 15.5. The standard InChI is InChI=1S/C18H22N2OSi/c1-22(2,3)12-6-11-20-17-8-5-4-7-15(17)16-13-14(19-21)9-10-18(16)20/h4-5,7-10,13H,6,11-12H2,1-3H3. The van der Waals surface area contributed by atoms with Crippen molar-refractivity contribution in [1.29, 1.82) is 0 Å². The second-order valence-corrected chi connectivity index (χ2v) is 12.7. The van der Waals surface area contributed by atoms with Crippen LogP contribution in [0.1, 0.15) is 6.42 Å². The molecule has 0 bridgehead atoms. The van der Waals surface area contributed by atoms with Crippen molar-refractivity contribution in [3.8, 4) is 0 Å². The van der Waals surface area contributed by atoms with E-state index in [1.807, 2.05) is 18.2 Å². The van der Waals surface area contributed by atoms with Gasteiger partial charge in [0.2, 0.25) is 0 Å². The maximum absolute atomic E-state index is 10.8. The van der Waals surface area contributed by atoms with Gasteiger partial charge >= 0.3 is 0 Å². The molecule has 0 spiro atoms. The summed E-state index contributed by atoms with van der Waals surface area (Å²) in [5.41, 5.74) is 2.94. The van der Waals surface area contributed by atoms with E-state index >= 15 is 0 Å². The van der Waals surface area contributed by atoms with E-state index in [2.05, 4.69) is 53.7 Å². The molecule has 0 fully saturated rings. The number of rotatable bonds is 5. The van der Waals surface area contributed by atoms with Gasteiger partial charge in [-0.2, -0.15) is 0 Å². The lowest BCUT2D eigenvalue weighted by atomic mass is 10.1. The molecule has 0 amide bonds. The van der Waals surface area contributed by atoms with Gasteiger partial charge in [-0.1, -0.05) is 43.9 Å². The Kier molecular flexibility index (Phi) is 3.87. The summed E-state index contributed by atoms with van der Waals surface area (Å²) in [6.07, 6.45) is 1.21. The van der Waals surface area contributed by atoms with Crippen molar-refractivity contribution in [2.45, 2.75) is 38.7 Å². The number of para-hydroxylation sites is 1. The van der Waals surface area contributed by atoms with Crippen LogP contribution in [0.15, 0.2) is 47.6 Å². The first kappa shape index (κ1) is 15.0. The minimum atomic E-state index is -1.01. The fourth-order valence-electron chi connectivity index (χ4n) is 3.11. The van der Waals surface area contributed by atoms with E-state index in [0.717, 1.165) is 11.9 Å². The zero-order chi connectivity index (χ0) is 15.7. The molecule has 1 heterocycles. The van der Waals surface area contributed by atoms with Crippen LogP contribution in [0, 0.1) is 4.91 Å². The SMILES string of the molecule is C[Si](C)(C)CCCn1c2ccccc2c2cc(N=O)ccc21. The quantitative estimate of drug-likeness (QED) is 0.425. The highest BCUT2D eigenvalue weighted by Crippen LogP contribution is 2.32. The zero-order valence-electron chi connectivity index (χ0n) is 13.5. The van der Waals surface area contributed by atoms with E-state index in [0.29, 0.717) is 5.69 Å². The van der Waals surface area contributed by atoms with Crippen molar-refractivity contribution in [1.82, 2.24) is 4.57 Å². The largest absolute Gasteiger partial charge is 0.340 e. The van der Waals surface area contributed by atoms with Gasteiger partial charge < -0.3 is 4.57 Å². The summed E-state index contributed by atoms with van der Waals surface area (Å²) in [4.78, 5) is 10.8. The van der Waals surface area contributed by atoms with Crippen molar-refractivity contribution in [2.24, 2.45) is 5.18 Å². The van der Waals surface area contributed by atoms with Gasteiger partial charge in [-0.15, -0.1) is 4.91 Å². The normalized spacial score (nSPS) is 12.1. The van der Waals surface area contributed by atoms with Crippen LogP contribution in [0.5, 0.6) is 0 Å². The number of hydrogen-bond donors (Lipinski definition) is 0. The van der Waals surface area contributed by atoms with E-state index < -0.39 is 8.07 Å². The first-order valence-corrected chi connectivity index (χ1v) is 11.5. The summed E-state index contributed by atoms with van der Waals surface area (Å²) in [5, 5.41) is 5.41. The molecule has 0 aliphatic rings. The fraction of sp³-hybridized carbons (Fsp3) is 0.333. The Bertz CT molecular complexity index is 830. The average molecular weight is 310 g/mol. The van der Waals surface area contributed by atoms with Crippen LogP contribution in [0.25, 0.3) is 21.8 Å². The lowest BCUT2D eigenvalue weighted by molar-refractivity contribution is 0.717. The van der Waals surface area contributed by atoms with Crippen molar-refractivity contribution in [3.05, 3.63) is 47.4 Å². The van der Waals surface area contributed by atoms with Crippen LogP contribution < -0.4 is 0 Å². The molecule has 4 heteroatoms. The minimum absolute atomic E-state index is 0.498. The lowest BCUT2D eigenvalue weighted by Gasteiger charge is -2.16. The summed E-state index contributed by atoms with van der Waals surface area (Å²) in [7, 11) is -1.01. The maximum atomic E-state index is 10.8. The molecule has 0 aliphatic heterocycles. The molecule has 0 saturated heterocycles. The third kappa shape index (κ3) is 2.83. The van der Waals surface area contributed by atoms with Gasteiger partial charge in [-0.05, 0) is 35.9 Å². The molecule has 1 aromatic heterocycles. The second-order valence-electron chi connectivity index (χ2n) is 7.13. The molecule has 0 saturated carbocycles. The van der Waals surface area contributed by atoms with E-state index in [-0.39, 0.29) is 0 Å². The Morgan fingerprint density at radius 3 is 2.45 bits per heavy atom. The number of fused-ring (bicyclic) bond motifs is 3. The van der Waals surface area contributed by atoms with Gasteiger partial charge in [-0.25, -0.2) is 0 Å². The Morgan fingerprint density at radius 1 is 1.00 bits per heavy atom. The number of nitrogens with zero attached hydrogens (tertiary/aromatic N) is 2. The Hall–Kier alpha value is -1.94. The predicted molar refractivity (Wildman–Crippen MR) is 97.7 cm³/mol. The number of hydrogen-bond acceptors (Lipinski definition) is 2. The van der Waals surface area contributed by atoms with Crippen LogP contribution in [-0.4, -0.2) is 12.6 Å². The van der Waals surface area contributed by atoms with Gasteiger partial charge in [0.05, 0.1) is 0 Å². The monoisotopic (exact) mass is 310 g/mol. The van der Waals surface area contributed by atoms with Crippen molar-refractivity contribution in [2.75, 3.05) is 0 Å². The third-order valence-electron chi connectivity index (χ3n) is 4.17. The van der Waals surface area contributed by atoms with Crippen molar-refractivity contribution < 1.29 is 0 Å². The molecule has 22 heavy (non-hydrogen) atoms. The molecule has 3 aromatic rings. The smallest absolute Gasteiger partial charge is 0.108 e. The molecular formula is C18H22N2OSi. The Balaban J connectivity index is 2.08. The molecular weight excluding hydrogens is 288 g/mol. The second kappa shape index (κ2) is 5.69. The van der Waals surface area contributed by atoms with E-state index in [9.17, 15) is 4.91 Å². The van der Waals surface area contributed by atoms with Crippen molar-refractivity contribution >= 4 is 35.6 Å². The summed E-state index contributed by atoms with van der Waals surface area (Å²) in [6.45, 7) is 8.28. The van der Waals surface area contributed by atoms with Crippen LogP contribution >= 0.6 is 0 Å².